The van der Waals surface area contributed by atoms with Gasteiger partial charge in [0.05, 0.1) is 5.69 Å². The molecule has 4 heteroatoms. The molecule has 1 atom stereocenters. The maximum Gasteiger partial charge on any atom is 0.153 e. The number of hydrogen-bond donors (Lipinski definition) is 1. The van der Waals surface area contributed by atoms with E-state index in [9.17, 15) is 5.11 Å². The van der Waals surface area contributed by atoms with Gasteiger partial charge in [-0.05, 0) is 12.1 Å². The molecule has 72 valence electrons. The molecule has 0 aliphatic heterocycles. The van der Waals surface area contributed by atoms with E-state index in [0.29, 0.717) is 11.5 Å². The Hall–Kier alpha value is -1.68. The largest absolute Gasteiger partial charge is 0.379 e. The summed E-state index contributed by atoms with van der Waals surface area (Å²) in [5.41, 5.74) is 0.613. The van der Waals surface area contributed by atoms with Crippen LogP contribution in [-0.2, 0) is 7.05 Å². The van der Waals surface area contributed by atoms with E-state index < -0.39 is 6.10 Å². The molecule has 2 heterocycles. The second-order valence-electron chi connectivity index (χ2n) is 3.05. The van der Waals surface area contributed by atoms with Gasteiger partial charge >= 0.3 is 0 Å². The quantitative estimate of drug-likeness (QED) is 0.763. The Morgan fingerprint density at radius 3 is 2.71 bits per heavy atom. The number of hydrogen-bond acceptors (Lipinski definition) is 3. The summed E-state index contributed by atoms with van der Waals surface area (Å²) in [6, 6.07) is 5.43. The van der Waals surface area contributed by atoms with Crippen LogP contribution in [0.2, 0.25) is 0 Å². The Morgan fingerprint density at radius 2 is 2.14 bits per heavy atom. The average Bonchev–Trinajstić information content (AvgIpc) is 2.65. The predicted molar refractivity (Wildman–Crippen MR) is 51.5 cm³/mol. The van der Waals surface area contributed by atoms with E-state index in [1.807, 2.05) is 19.2 Å². The van der Waals surface area contributed by atoms with Gasteiger partial charge < -0.3 is 9.67 Å². The molecule has 0 aliphatic carbocycles. The number of imidazole rings is 1. The van der Waals surface area contributed by atoms with Gasteiger partial charge in [-0.25, -0.2) is 4.98 Å². The topological polar surface area (TPSA) is 50.9 Å². The summed E-state index contributed by atoms with van der Waals surface area (Å²) < 4.78 is 1.78. The van der Waals surface area contributed by atoms with Crippen molar-refractivity contribution >= 4 is 0 Å². The van der Waals surface area contributed by atoms with Gasteiger partial charge in [-0.15, -0.1) is 0 Å². The SMILES string of the molecule is Cn1ccnc1C(O)c1ccccn1. The highest BCUT2D eigenvalue weighted by Crippen LogP contribution is 2.16. The Morgan fingerprint density at radius 1 is 1.29 bits per heavy atom. The van der Waals surface area contributed by atoms with Crippen LogP contribution in [0.5, 0.6) is 0 Å². The van der Waals surface area contributed by atoms with Gasteiger partial charge in [0.2, 0.25) is 0 Å². The third-order valence-corrected chi connectivity index (χ3v) is 2.07. The summed E-state index contributed by atoms with van der Waals surface area (Å²) in [7, 11) is 1.84. The summed E-state index contributed by atoms with van der Waals surface area (Å²) in [5, 5.41) is 9.92. The van der Waals surface area contributed by atoms with Gasteiger partial charge in [-0.3, -0.25) is 4.98 Å². The molecule has 2 aromatic rings. The number of rotatable bonds is 2. The van der Waals surface area contributed by atoms with Crippen LogP contribution in [0.25, 0.3) is 0 Å². The summed E-state index contributed by atoms with van der Waals surface area (Å²) >= 11 is 0. The monoisotopic (exact) mass is 189 g/mol. The van der Waals surface area contributed by atoms with Crippen molar-refractivity contribution in [3.63, 3.8) is 0 Å². The molecule has 0 bridgehead atoms. The van der Waals surface area contributed by atoms with Crippen LogP contribution in [-0.4, -0.2) is 19.6 Å². The number of nitrogens with zero attached hydrogens (tertiary/aromatic N) is 3. The maximum absolute atomic E-state index is 9.92. The van der Waals surface area contributed by atoms with Gasteiger partial charge in [0.15, 0.2) is 6.10 Å². The zero-order valence-corrected chi connectivity index (χ0v) is 7.83. The molecule has 0 fully saturated rings. The zero-order chi connectivity index (χ0) is 9.97. The molecular weight excluding hydrogens is 178 g/mol. The van der Waals surface area contributed by atoms with Crippen LogP contribution in [0, 0.1) is 0 Å². The zero-order valence-electron chi connectivity index (χ0n) is 7.83. The van der Waals surface area contributed by atoms with Crippen molar-refractivity contribution in [2.45, 2.75) is 6.10 Å². The predicted octanol–water partition coefficient (Wildman–Crippen LogP) is 0.897. The molecular formula is C10H11N3O. The minimum absolute atomic E-state index is 0.601. The molecule has 0 saturated carbocycles. The summed E-state index contributed by atoms with van der Waals surface area (Å²) in [6.45, 7) is 0. The first-order valence-corrected chi connectivity index (χ1v) is 4.35. The molecule has 1 unspecified atom stereocenters. The maximum atomic E-state index is 9.92. The molecule has 0 aliphatic rings. The molecule has 0 amide bonds. The van der Waals surface area contributed by atoms with E-state index in [-0.39, 0.29) is 0 Å². The molecule has 1 N–H and O–H groups in total. The minimum atomic E-state index is -0.754. The second kappa shape index (κ2) is 3.59. The lowest BCUT2D eigenvalue weighted by Gasteiger charge is -2.09. The van der Waals surface area contributed by atoms with Crippen molar-refractivity contribution in [1.82, 2.24) is 14.5 Å². The van der Waals surface area contributed by atoms with Crippen LogP contribution in [0.15, 0.2) is 36.8 Å². The van der Waals surface area contributed by atoms with Gasteiger partial charge in [0.25, 0.3) is 0 Å². The first-order valence-electron chi connectivity index (χ1n) is 4.35. The van der Waals surface area contributed by atoms with Crippen LogP contribution in [0.3, 0.4) is 0 Å². The van der Waals surface area contributed by atoms with Crippen LogP contribution < -0.4 is 0 Å². The van der Waals surface area contributed by atoms with Crippen molar-refractivity contribution in [2.24, 2.45) is 7.05 Å². The van der Waals surface area contributed by atoms with Gasteiger partial charge in [-0.1, -0.05) is 6.07 Å². The van der Waals surface area contributed by atoms with Crippen LogP contribution in [0.1, 0.15) is 17.6 Å². The summed E-state index contributed by atoms with van der Waals surface area (Å²) in [5.74, 6) is 0.601. The van der Waals surface area contributed by atoms with Crippen LogP contribution in [0.4, 0.5) is 0 Å². The van der Waals surface area contributed by atoms with E-state index in [1.54, 1.807) is 29.2 Å². The standard InChI is InChI=1S/C10H11N3O/c1-13-7-6-12-10(13)9(14)8-4-2-3-5-11-8/h2-7,9,14H,1H3. The van der Waals surface area contributed by atoms with E-state index in [2.05, 4.69) is 9.97 Å². The summed E-state index contributed by atoms with van der Waals surface area (Å²) in [4.78, 5) is 8.14. The van der Waals surface area contributed by atoms with Crippen molar-refractivity contribution in [3.8, 4) is 0 Å². The highest BCUT2D eigenvalue weighted by atomic mass is 16.3. The van der Waals surface area contributed by atoms with Gasteiger partial charge in [0, 0.05) is 25.6 Å². The van der Waals surface area contributed by atoms with Gasteiger partial charge in [0.1, 0.15) is 5.82 Å². The van der Waals surface area contributed by atoms with Crippen LogP contribution >= 0.6 is 0 Å². The third-order valence-electron chi connectivity index (χ3n) is 2.07. The first kappa shape index (κ1) is 8.90. The highest BCUT2D eigenvalue weighted by molar-refractivity contribution is 5.14. The third kappa shape index (κ3) is 1.52. The fraction of sp³-hybridized carbons (Fsp3) is 0.200. The summed E-state index contributed by atoms with van der Waals surface area (Å²) in [6.07, 6.45) is 4.35. The number of aliphatic hydroxyl groups excluding tert-OH is 1. The molecule has 0 radical (unpaired) electrons. The molecule has 2 aromatic heterocycles. The lowest BCUT2D eigenvalue weighted by Crippen LogP contribution is -2.08. The number of pyridine rings is 1. The molecule has 0 saturated heterocycles. The average molecular weight is 189 g/mol. The fourth-order valence-corrected chi connectivity index (χ4v) is 1.31. The Balaban J connectivity index is 2.34. The number of aromatic nitrogens is 3. The van der Waals surface area contributed by atoms with E-state index in [1.165, 1.54) is 0 Å². The Kier molecular flexibility index (Phi) is 2.28. The highest BCUT2D eigenvalue weighted by Gasteiger charge is 2.14. The Bertz CT molecular complexity index is 410. The molecule has 14 heavy (non-hydrogen) atoms. The fourth-order valence-electron chi connectivity index (χ4n) is 1.31. The van der Waals surface area contributed by atoms with Crippen molar-refractivity contribution in [1.29, 1.82) is 0 Å². The molecule has 4 nitrogen and oxygen atoms in total. The lowest BCUT2D eigenvalue weighted by molar-refractivity contribution is 0.201. The normalized spacial score (nSPS) is 12.7. The number of aliphatic hydroxyl groups is 1. The second-order valence-corrected chi connectivity index (χ2v) is 3.05. The molecule has 0 aromatic carbocycles. The molecule has 0 spiro atoms. The smallest absolute Gasteiger partial charge is 0.153 e. The first-order chi connectivity index (χ1) is 6.79. The van der Waals surface area contributed by atoms with Crippen molar-refractivity contribution in [3.05, 3.63) is 48.3 Å². The Labute approximate surface area is 81.9 Å². The van der Waals surface area contributed by atoms with Crippen molar-refractivity contribution in [2.75, 3.05) is 0 Å². The number of aryl methyl sites for hydroxylation is 1. The van der Waals surface area contributed by atoms with Crippen molar-refractivity contribution < 1.29 is 5.11 Å². The lowest BCUT2D eigenvalue weighted by atomic mass is 10.2. The molecule has 2 rings (SSSR count). The van der Waals surface area contributed by atoms with E-state index in [0.717, 1.165) is 0 Å². The van der Waals surface area contributed by atoms with E-state index >= 15 is 0 Å². The van der Waals surface area contributed by atoms with Gasteiger partial charge in [-0.2, -0.15) is 0 Å². The minimum Gasteiger partial charge on any atom is -0.379 e. The van der Waals surface area contributed by atoms with E-state index in [4.69, 9.17) is 0 Å².